The summed E-state index contributed by atoms with van der Waals surface area (Å²) in [6.45, 7) is 1.31. The predicted molar refractivity (Wildman–Crippen MR) is 74.0 cm³/mol. The number of carboxylic acids is 1. The van der Waals surface area contributed by atoms with Crippen molar-refractivity contribution < 1.29 is 19.8 Å². The molecule has 2 aliphatic rings. The number of pyridine rings is 1. The van der Waals surface area contributed by atoms with E-state index < -0.39 is 5.97 Å². The van der Waals surface area contributed by atoms with Gasteiger partial charge in [0.25, 0.3) is 5.91 Å². The third-order valence-corrected chi connectivity index (χ3v) is 4.68. The molecular weight excluding hydrogens is 272 g/mol. The van der Waals surface area contributed by atoms with E-state index in [1.54, 1.807) is 4.90 Å². The lowest BCUT2D eigenvalue weighted by Crippen LogP contribution is -2.50. The average molecular weight is 290 g/mol. The summed E-state index contributed by atoms with van der Waals surface area (Å²) >= 11 is 0. The SMILES string of the molecule is O=C(O)c1cncc(C(=O)N2CCC3(CC2)CC(O)C3)c1. The molecule has 2 fully saturated rings. The standard InChI is InChI=1S/C15H18N2O4/c18-12-6-15(7-12)1-3-17(4-2-15)13(19)10-5-11(14(20)21)9-16-8-10/h5,8-9,12,18H,1-4,6-7H2,(H,20,21). The minimum atomic E-state index is -1.08. The van der Waals surface area contributed by atoms with E-state index in [-0.39, 0.29) is 23.0 Å². The number of rotatable bonds is 2. The van der Waals surface area contributed by atoms with E-state index in [0.29, 0.717) is 18.7 Å². The first kappa shape index (κ1) is 14.0. The molecule has 0 radical (unpaired) electrons. The first-order chi connectivity index (χ1) is 9.99. The third-order valence-electron chi connectivity index (χ3n) is 4.68. The molecule has 1 spiro atoms. The summed E-state index contributed by atoms with van der Waals surface area (Å²) in [5.74, 6) is -1.25. The van der Waals surface area contributed by atoms with Crippen LogP contribution in [0.4, 0.5) is 0 Å². The largest absolute Gasteiger partial charge is 0.478 e. The summed E-state index contributed by atoms with van der Waals surface area (Å²) in [5.41, 5.74) is 0.563. The molecule has 0 aromatic carbocycles. The molecule has 1 aromatic heterocycles. The van der Waals surface area contributed by atoms with Gasteiger partial charge in [-0.25, -0.2) is 4.79 Å². The quantitative estimate of drug-likeness (QED) is 0.853. The van der Waals surface area contributed by atoms with Gasteiger partial charge in [0, 0.05) is 25.5 Å². The van der Waals surface area contributed by atoms with Gasteiger partial charge in [-0.1, -0.05) is 0 Å². The van der Waals surface area contributed by atoms with Gasteiger partial charge < -0.3 is 15.1 Å². The molecule has 1 aliphatic heterocycles. The summed E-state index contributed by atoms with van der Waals surface area (Å²) in [7, 11) is 0. The monoisotopic (exact) mass is 290 g/mol. The van der Waals surface area contributed by atoms with Crippen LogP contribution < -0.4 is 0 Å². The van der Waals surface area contributed by atoms with E-state index in [2.05, 4.69) is 4.98 Å². The fourth-order valence-electron chi connectivity index (χ4n) is 3.39. The molecule has 1 saturated heterocycles. The smallest absolute Gasteiger partial charge is 0.337 e. The summed E-state index contributed by atoms with van der Waals surface area (Å²) in [6.07, 6.45) is 5.95. The third kappa shape index (κ3) is 2.63. The summed E-state index contributed by atoms with van der Waals surface area (Å²) in [5, 5.41) is 18.4. The van der Waals surface area contributed by atoms with Crippen LogP contribution in [0.15, 0.2) is 18.5 Å². The zero-order valence-corrected chi connectivity index (χ0v) is 11.7. The number of aliphatic hydroxyl groups is 1. The van der Waals surface area contributed by atoms with Crippen LogP contribution >= 0.6 is 0 Å². The van der Waals surface area contributed by atoms with Crippen molar-refractivity contribution in [3.05, 3.63) is 29.6 Å². The number of carbonyl (C=O) groups is 2. The van der Waals surface area contributed by atoms with Crippen LogP contribution in [-0.4, -0.2) is 51.2 Å². The maximum absolute atomic E-state index is 12.4. The molecule has 0 bridgehead atoms. The lowest BCUT2D eigenvalue weighted by Gasteiger charge is -2.50. The Kier molecular flexibility index (Phi) is 3.41. The molecule has 1 saturated carbocycles. The maximum Gasteiger partial charge on any atom is 0.337 e. The topological polar surface area (TPSA) is 90.7 Å². The molecule has 1 amide bonds. The van der Waals surface area contributed by atoms with Crippen molar-refractivity contribution >= 4 is 11.9 Å². The number of aromatic nitrogens is 1. The van der Waals surface area contributed by atoms with E-state index in [1.807, 2.05) is 0 Å². The van der Waals surface area contributed by atoms with Gasteiger partial charge in [-0.15, -0.1) is 0 Å². The zero-order valence-electron chi connectivity index (χ0n) is 11.7. The number of carbonyl (C=O) groups excluding carboxylic acids is 1. The molecule has 6 heteroatoms. The van der Waals surface area contributed by atoms with Crippen molar-refractivity contribution in [3.8, 4) is 0 Å². The van der Waals surface area contributed by atoms with E-state index >= 15 is 0 Å². The number of hydrogen-bond donors (Lipinski definition) is 2. The van der Waals surface area contributed by atoms with Crippen molar-refractivity contribution in [3.63, 3.8) is 0 Å². The van der Waals surface area contributed by atoms with E-state index in [0.717, 1.165) is 25.7 Å². The molecule has 112 valence electrons. The molecule has 6 nitrogen and oxygen atoms in total. The average Bonchev–Trinajstić information content (AvgIpc) is 2.46. The first-order valence-electron chi connectivity index (χ1n) is 7.15. The van der Waals surface area contributed by atoms with Gasteiger partial charge in [-0.3, -0.25) is 9.78 Å². The Morgan fingerprint density at radius 1 is 1.19 bits per heavy atom. The lowest BCUT2D eigenvalue weighted by molar-refractivity contribution is -0.0637. The number of aliphatic hydroxyl groups excluding tert-OH is 1. The fraction of sp³-hybridized carbons (Fsp3) is 0.533. The van der Waals surface area contributed by atoms with Crippen molar-refractivity contribution in [2.45, 2.75) is 31.8 Å². The maximum atomic E-state index is 12.4. The Morgan fingerprint density at radius 2 is 1.81 bits per heavy atom. The molecule has 3 rings (SSSR count). The highest BCUT2D eigenvalue weighted by Crippen LogP contribution is 2.49. The number of hydrogen-bond acceptors (Lipinski definition) is 4. The number of aromatic carboxylic acids is 1. The summed E-state index contributed by atoms with van der Waals surface area (Å²) in [4.78, 5) is 28.9. The highest BCUT2D eigenvalue weighted by Gasteiger charge is 2.45. The summed E-state index contributed by atoms with van der Waals surface area (Å²) < 4.78 is 0. The van der Waals surface area contributed by atoms with Crippen LogP contribution in [0, 0.1) is 5.41 Å². The summed E-state index contributed by atoms with van der Waals surface area (Å²) in [6, 6.07) is 1.37. The highest BCUT2D eigenvalue weighted by molar-refractivity contribution is 5.97. The van der Waals surface area contributed by atoms with E-state index in [1.165, 1.54) is 18.5 Å². The molecule has 2 heterocycles. The fourth-order valence-corrected chi connectivity index (χ4v) is 3.39. The van der Waals surface area contributed by atoms with Crippen molar-refractivity contribution in [2.75, 3.05) is 13.1 Å². The normalized spacial score (nSPS) is 21.1. The van der Waals surface area contributed by atoms with Crippen LogP contribution in [0.2, 0.25) is 0 Å². The van der Waals surface area contributed by atoms with Crippen LogP contribution in [0.5, 0.6) is 0 Å². The Hall–Kier alpha value is -1.95. The predicted octanol–water partition coefficient (Wildman–Crippen LogP) is 1.16. The van der Waals surface area contributed by atoms with Crippen molar-refractivity contribution in [1.29, 1.82) is 0 Å². The van der Waals surface area contributed by atoms with E-state index in [4.69, 9.17) is 5.11 Å². The van der Waals surface area contributed by atoms with Gasteiger partial charge >= 0.3 is 5.97 Å². The number of nitrogens with zero attached hydrogens (tertiary/aromatic N) is 2. The number of carboxylic acid groups (broad SMARTS) is 1. The zero-order chi connectivity index (χ0) is 15.0. The van der Waals surface area contributed by atoms with Gasteiger partial charge in [0.15, 0.2) is 0 Å². The molecule has 2 N–H and O–H groups in total. The molecular formula is C15H18N2O4. The molecule has 0 unspecified atom stereocenters. The van der Waals surface area contributed by atoms with Gasteiger partial charge in [0.1, 0.15) is 0 Å². The second-order valence-corrected chi connectivity index (χ2v) is 6.12. The molecule has 0 atom stereocenters. The van der Waals surface area contributed by atoms with Crippen LogP contribution in [-0.2, 0) is 0 Å². The number of likely N-dealkylation sites (tertiary alicyclic amines) is 1. The van der Waals surface area contributed by atoms with E-state index in [9.17, 15) is 14.7 Å². The number of piperidine rings is 1. The van der Waals surface area contributed by atoms with Crippen LogP contribution in [0.1, 0.15) is 46.4 Å². The van der Waals surface area contributed by atoms with Crippen LogP contribution in [0.3, 0.4) is 0 Å². The second kappa shape index (κ2) is 5.11. The van der Waals surface area contributed by atoms with Gasteiger partial charge in [0.2, 0.25) is 0 Å². The second-order valence-electron chi connectivity index (χ2n) is 6.12. The van der Waals surface area contributed by atoms with Gasteiger partial charge in [-0.2, -0.15) is 0 Å². The molecule has 1 aliphatic carbocycles. The highest BCUT2D eigenvalue weighted by atomic mass is 16.4. The Balaban J connectivity index is 1.66. The van der Waals surface area contributed by atoms with Crippen molar-refractivity contribution in [1.82, 2.24) is 9.88 Å². The lowest BCUT2D eigenvalue weighted by atomic mass is 9.61. The minimum absolute atomic E-state index is 0.0245. The number of amides is 1. The Labute approximate surface area is 122 Å². The minimum Gasteiger partial charge on any atom is -0.478 e. The van der Waals surface area contributed by atoms with Gasteiger partial charge in [-0.05, 0) is 37.2 Å². The Morgan fingerprint density at radius 3 is 2.38 bits per heavy atom. The molecule has 1 aromatic rings. The Bertz CT molecular complexity index is 571. The molecule has 21 heavy (non-hydrogen) atoms. The van der Waals surface area contributed by atoms with Crippen molar-refractivity contribution in [2.24, 2.45) is 5.41 Å². The first-order valence-corrected chi connectivity index (χ1v) is 7.15. The van der Waals surface area contributed by atoms with Gasteiger partial charge in [0.05, 0.1) is 17.2 Å². The van der Waals surface area contributed by atoms with Crippen LogP contribution in [0.25, 0.3) is 0 Å².